The zero-order valence-corrected chi connectivity index (χ0v) is 19.8. The van der Waals surface area contributed by atoms with Gasteiger partial charge in [-0.25, -0.2) is 0 Å². The predicted octanol–water partition coefficient (Wildman–Crippen LogP) is 0.191. The smallest absolute Gasteiger partial charge is 0.192 e. The van der Waals surface area contributed by atoms with Crippen molar-refractivity contribution in [2.45, 2.75) is 0 Å². The largest absolute Gasteiger partial charge is 0.349 e. The molecule has 0 aromatic carbocycles. The van der Waals surface area contributed by atoms with E-state index in [1.54, 1.807) is 29.4 Å². The maximum Gasteiger partial charge on any atom is 0.192 e. The summed E-state index contributed by atoms with van der Waals surface area (Å²) in [5, 5.41) is 21.8. The lowest BCUT2D eigenvalue weighted by molar-refractivity contribution is 0.478. The minimum absolute atomic E-state index is 0. The van der Waals surface area contributed by atoms with Gasteiger partial charge in [0.2, 0.25) is 0 Å². The van der Waals surface area contributed by atoms with Gasteiger partial charge >= 0.3 is 0 Å². The Bertz CT molecular complexity index is 290. The van der Waals surface area contributed by atoms with Crippen LogP contribution >= 0.6 is 9.90 Å². The maximum absolute atomic E-state index is 7.25. The van der Waals surface area contributed by atoms with Crippen LogP contribution in [0.25, 0.3) is 0 Å². The van der Waals surface area contributed by atoms with Crippen LogP contribution < -0.4 is 0 Å². The molecule has 25 heavy (non-hydrogen) atoms. The highest BCUT2D eigenvalue weighted by Crippen LogP contribution is 1.82. The summed E-state index contributed by atoms with van der Waals surface area (Å²) >= 11 is 0. The molecule has 0 aliphatic rings. The van der Waals surface area contributed by atoms with Crippen LogP contribution in [0.2, 0.25) is 0 Å². The molecule has 1 atom stereocenters. The van der Waals surface area contributed by atoms with E-state index in [4.69, 9.17) is 16.2 Å². The van der Waals surface area contributed by atoms with Gasteiger partial charge in [0.05, 0.1) is 0 Å². The van der Waals surface area contributed by atoms with E-state index in [1.165, 1.54) is 0 Å². The molecular weight excluding hydrogens is 337 g/mol. The van der Waals surface area contributed by atoms with Gasteiger partial charge in [0.1, 0.15) is 0 Å². The average molecular weight is 380 g/mol. The first-order valence-corrected chi connectivity index (χ1v) is 7.46. The Morgan fingerprint density at radius 2 is 0.440 bits per heavy atom. The van der Waals surface area contributed by atoms with E-state index in [9.17, 15) is 0 Å². The Balaban J connectivity index is -0.000000130. The van der Waals surface area contributed by atoms with E-state index in [1.807, 2.05) is 84.6 Å². The molecule has 3 N–H and O–H groups in total. The lowest BCUT2D eigenvalue weighted by atomic mass is 10.7. The molecule has 0 aromatic rings. The fraction of sp³-hybridized carbons (Fsp3) is 0.800. The summed E-state index contributed by atoms with van der Waals surface area (Å²) < 4.78 is 0. The topological polar surface area (TPSA) is 91.0 Å². The SMILES string of the molecule is CN(C)C(=N)N(C)C.CN(C)C(=N)N(C)C.CN(C)C(=N)N(C)C.P. The quantitative estimate of drug-likeness (QED) is 0.316. The molecule has 0 spiro atoms. The van der Waals surface area contributed by atoms with Gasteiger partial charge in [0, 0.05) is 84.6 Å². The van der Waals surface area contributed by atoms with Crippen molar-refractivity contribution < 1.29 is 0 Å². The Labute approximate surface area is 158 Å². The molecule has 0 aromatic heterocycles. The lowest BCUT2D eigenvalue weighted by Crippen LogP contribution is -2.34. The standard InChI is InChI=1S/3C5H13N3.H3P/c3*1-7(2)5(6)8(3)4;/h3*6H,1-4H3;1H3. The fourth-order valence-corrected chi connectivity index (χ4v) is 1.20. The van der Waals surface area contributed by atoms with Crippen LogP contribution in [-0.2, 0) is 0 Å². The van der Waals surface area contributed by atoms with Gasteiger partial charge in [-0.3, -0.25) is 16.2 Å². The summed E-state index contributed by atoms with van der Waals surface area (Å²) in [5.74, 6) is 1.56. The molecular formula is C15H42N9P. The van der Waals surface area contributed by atoms with E-state index in [-0.39, 0.29) is 9.90 Å². The first-order chi connectivity index (χ1) is 10.7. The van der Waals surface area contributed by atoms with Crippen LogP contribution in [0.3, 0.4) is 0 Å². The first kappa shape index (κ1) is 31.1. The average Bonchev–Trinajstić information content (AvgIpc) is 2.45. The molecule has 0 aliphatic carbocycles. The van der Waals surface area contributed by atoms with Crippen LogP contribution in [0.5, 0.6) is 0 Å². The highest BCUT2D eigenvalue weighted by molar-refractivity contribution is 6.92. The van der Waals surface area contributed by atoms with Crippen molar-refractivity contribution in [3.8, 4) is 0 Å². The van der Waals surface area contributed by atoms with Gasteiger partial charge < -0.3 is 29.4 Å². The van der Waals surface area contributed by atoms with Crippen LogP contribution in [0, 0.1) is 16.2 Å². The summed E-state index contributed by atoms with van der Waals surface area (Å²) in [4.78, 5) is 10.5. The van der Waals surface area contributed by atoms with Crippen molar-refractivity contribution >= 4 is 27.8 Å². The van der Waals surface area contributed by atoms with E-state index in [0.29, 0.717) is 17.9 Å². The number of nitrogens with one attached hydrogen (secondary N) is 3. The van der Waals surface area contributed by atoms with E-state index in [2.05, 4.69) is 0 Å². The second-order valence-corrected chi connectivity index (χ2v) is 6.34. The summed E-state index contributed by atoms with van der Waals surface area (Å²) in [6.07, 6.45) is 0. The van der Waals surface area contributed by atoms with Crippen molar-refractivity contribution in [2.24, 2.45) is 0 Å². The van der Waals surface area contributed by atoms with Gasteiger partial charge in [-0.1, -0.05) is 0 Å². The minimum Gasteiger partial charge on any atom is -0.349 e. The van der Waals surface area contributed by atoms with E-state index < -0.39 is 0 Å². The second-order valence-electron chi connectivity index (χ2n) is 6.34. The highest BCUT2D eigenvalue weighted by atomic mass is 31.0. The van der Waals surface area contributed by atoms with E-state index in [0.717, 1.165) is 0 Å². The van der Waals surface area contributed by atoms with Gasteiger partial charge in [0.15, 0.2) is 17.9 Å². The molecule has 10 heteroatoms. The summed E-state index contributed by atoms with van der Waals surface area (Å²) in [6.45, 7) is 0. The third-order valence-electron chi connectivity index (χ3n) is 2.54. The molecule has 0 saturated carbocycles. The number of guanidine groups is 3. The Hall–Kier alpha value is -1.76. The van der Waals surface area contributed by atoms with Crippen LogP contribution in [-0.4, -0.2) is 132 Å². The van der Waals surface area contributed by atoms with Gasteiger partial charge in [-0.2, -0.15) is 9.90 Å². The molecule has 0 aliphatic heterocycles. The molecule has 0 amide bonds. The number of rotatable bonds is 0. The summed E-state index contributed by atoms with van der Waals surface area (Å²) in [5.41, 5.74) is 0. The second kappa shape index (κ2) is 15.7. The van der Waals surface area contributed by atoms with E-state index >= 15 is 0 Å². The number of hydrogen-bond acceptors (Lipinski definition) is 3. The first-order valence-electron chi connectivity index (χ1n) is 7.46. The third-order valence-corrected chi connectivity index (χ3v) is 2.54. The monoisotopic (exact) mass is 379 g/mol. The predicted molar refractivity (Wildman–Crippen MR) is 116 cm³/mol. The molecule has 152 valence electrons. The molecule has 0 bridgehead atoms. The highest BCUT2D eigenvalue weighted by Gasteiger charge is 1.98. The Morgan fingerprint density at radius 1 is 0.360 bits per heavy atom. The van der Waals surface area contributed by atoms with Crippen molar-refractivity contribution in [3.63, 3.8) is 0 Å². The fourth-order valence-electron chi connectivity index (χ4n) is 1.20. The molecule has 0 rings (SSSR count). The zero-order chi connectivity index (χ0) is 20.2. The molecule has 0 saturated heterocycles. The van der Waals surface area contributed by atoms with Gasteiger partial charge in [-0.05, 0) is 0 Å². The zero-order valence-electron chi connectivity index (χ0n) is 18.4. The minimum atomic E-state index is 0. The Morgan fingerprint density at radius 3 is 0.440 bits per heavy atom. The lowest BCUT2D eigenvalue weighted by Gasteiger charge is -2.19. The molecule has 9 nitrogen and oxygen atoms in total. The molecule has 0 radical (unpaired) electrons. The van der Waals surface area contributed by atoms with Gasteiger partial charge in [0.25, 0.3) is 0 Å². The summed E-state index contributed by atoms with van der Waals surface area (Å²) in [6, 6.07) is 0. The number of hydrogen-bond donors (Lipinski definition) is 3. The van der Waals surface area contributed by atoms with Crippen molar-refractivity contribution in [2.75, 3.05) is 84.6 Å². The molecule has 1 unspecified atom stereocenters. The Kier molecular flexibility index (Phi) is 19.6. The van der Waals surface area contributed by atoms with Crippen LogP contribution in [0.15, 0.2) is 0 Å². The van der Waals surface area contributed by atoms with Crippen molar-refractivity contribution in [3.05, 3.63) is 0 Å². The van der Waals surface area contributed by atoms with Gasteiger partial charge in [-0.15, -0.1) is 0 Å². The molecule has 0 heterocycles. The third kappa shape index (κ3) is 18.4. The normalized spacial score (nSPS) is 8.16. The maximum atomic E-state index is 7.25. The summed E-state index contributed by atoms with van der Waals surface area (Å²) in [7, 11) is 22.2. The van der Waals surface area contributed by atoms with Crippen molar-refractivity contribution in [1.29, 1.82) is 16.2 Å². The van der Waals surface area contributed by atoms with Crippen LogP contribution in [0.1, 0.15) is 0 Å². The molecule has 0 fully saturated rings. The van der Waals surface area contributed by atoms with Crippen LogP contribution in [0.4, 0.5) is 0 Å². The number of nitrogens with zero attached hydrogens (tertiary/aromatic N) is 6. The van der Waals surface area contributed by atoms with Crippen molar-refractivity contribution in [1.82, 2.24) is 29.4 Å².